The molecule has 7 heteroatoms. The van der Waals surface area contributed by atoms with Crippen LogP contribution in [0.5, 0.6) is 0 Å². The van der Waals surface area contributed by atoms with Crippen molar-refractivity contribution in [1.29, 1.82) is 0 Å². The first-order chi connectivity index (χ1) is 10.2. The molecule has 0 aliphatic heterocycles. The SMILES string of the molecule is Cc1ccc(S(=O)(=O)Nc2ccc(C)c([N+](=O)[O-])c2)cc1C. The van der Waals surface area contributed by atoms with Crippen molar-refractivity contribution < 1.29 is 13.3 Å². The Morgan fingerprint density at radius 3 is 2.18 bits per heavy atom. The highest BCUT2D eigenvalue weighted by Crippen LogP contribution is 2.25. The van der Waals surface area contributed by atoms with E-state index in [4.69, 9.17) is 0 Å². The third-order valence-corrected chi connectivity index (χ3v) is 4.83. The van der Waals surface area contributed by atoms with Crippen molar-refractivity contribution in [2.45, 2.75) is 25.7 Å². The second kappa shape index (κ2) is 5.76. The van der Waals surface area contributed by atoms with E-state index in [1.165, 1.54) is 24.3 Å². The molecule has 0 spiro atoms. The molecule has 0 heterocycles. The van der Waals surface area contributed by atoms with Gasteiger partial charge in [-0.2, -0.15) is 0 Å². The molecule has 0 saturated carbocycles. The van der Waals surface area contributed by atoms with Crippen LogP contribution in [0.15, 0.2) is 41.3 Å². The van der Waals surface area contributed by atoms with Crippen LogP contribution in [-0.4, -0.2) is 13.3 Å². The van der Waals surface area contributed by atoms with Gasteiger partial charge in [-0.05, 0) is 50.1 Å². The number of sulfonamides is 1. The van der Waals surface area contributed by atoms with E-state index in [0.717, 1.165) is 11.1 Å². The van der Waals surface area contributed by atoms with Crippen LogP contribution in [0.3, 0.4) is 0 Å². The Kier molecular flexibility index (Phi) is 4.18. The molecule has 0 aliphatic rings. The minimum Gasteiger partial charge on any atom is -0.279 e. The molecule has 0 aromatic heterocycles. The van der Waals surface area contributed by atoms with E-state index >= 15 is 0 Å². The summed E-state index contributed by atoms with van der Waals surface area (Å²) in [6, 6.07) is 9.03. The Hall–Kier alpha value is -2.41. The zero-order valence-corrected chi connectivity index (χ0v) is 13.3. The molecule has 22 heavy (non-hydrogen) atoms. The smallest absolute Gasteiger partial charge is 0.274 e. The van der Waals surface area contributed by atoms with Gasteiger partial charge in [0, 0.05) is 11.6 Å². The molecule has 6 nitrogen and oxygen atoms in total. The fourth-order valence-corrected chi connectivity index (χ4v) is 3.10. The number of hydrogen-bond acceptors (Lipinski definition) is 4. The van der Waals surface area contributed by atoms with E-state index in [1.807, 2.05) is 13.8 Å². The lowest BCUT2D eigenvalue weighted by atomic mass is 10.1. The zero-order valence-electron chi connectivity index (χ0n) is 12.5. The predicted molar refractivity (Wildman–Crippen MR) is 84.6 cm³/mol. The lowest BCUT2D eigenvalue weighted by Gasteiger charge is -2.10. The van der Waals surface area contributed by atoms with Crippen LogP contribution in [0.25, 0.3) is 0 Å². The molecule has 0 atom stereocenters. The fourth-order valence-electron chi connectivity index (χ4n) is 1.96. The average molecular weight is 320 g/mol. The highest BCUT2D eigenvalue weighted by atomic mass is 32.2. The van der Waals surface area contributed by atoms with E-state index < -0.39 is 14.9 Å². The highest BCUT2D eigenvalue weighted by Gasteiger charge is 2.17. The van der Waals surface area contributed by atoms with Crippen LogP contribution < -0.4 is 4.72 Å². The summed E-state index contributed by atoms with van der Waals surface area (Å²) in [5, 5.41) is 10.9. The van der Waals surface area contributed by atoms with E-state index in [0.29, 0.717) is 5.56 Å². The highest BCUT2D eigenvalue weighted by molar-refractivity contribution is 7.92. The van der Waals surface area contributed by atoms with Gasteiger partial charge in [-0.1, -0.05) is 12.1 Å². The standard InChI is InChI=1S/C15H16N2O4S/c1-10-5-7-14(8-12(10)3)22(20,21)16-13-6-4-11(2)15(9-13)17(18)19/h4-9,16H,1-3H3. The minimum atomic E-state index is -3.78. The van der Waals surface area contributed by atoms with Gasteiger partial charge >= 0.3 is 0 Å². The quantitative estimate of drug-likeness (QED) is 0.691. The van der Waals surface area contributed by atoms with Crippen molar-refractivity contribution in [3.05, 3.63) is 63.2 Å². The van der Waals surface area contributed by atoms with Gasteiger partial charge in [0.05, 0.1) is 15.5 Å². The van der Waals surface area contributed by atoms with Gasteiger partial charge in [-0.15, -0.1) is 0 Å². The predicted octanol–water partition coefficient (Wildman–Crippen LogP) is 3.32. The van der Waals surface area contributed by atoms with Crippen LogP contribution >= 0.6 is 0 Å². The fraction of sp³-hybridized carbons (Fsp3) is 0.200. The first-order valence-corrected chi connectivity index (χ1v) is 8.04. The number of hydrogen-bond donors (Lipinski definition) is 1. The maximum Gasteiger partial charge on any atom is 0.274 e. The zero-order chi connectivity index (χ0) is 16.5. The van der Waals surface area contributed by atoms with E-state index in [2.05, 4.69) is 4.72 Å². The van der Waals surface area contributed by atoms with Crippen molar-refractivity contribution in [2.24, 2.45) is 0 Å². The molecular weight excluding hydrogens is 304 g/mol. The minimum absolute atomic E-state index is 0.124. The molecule has 2 aromatic rings. The molecule has 2 aromatic carbocycles. The van der Waals surface area contributed by atoms with Crippen LogP contribution in [0.4, 0.5) is 11.4 Å². The topological polar surface area (TPSA) is 89.3 Å². The summed E-state index contributed by atoms with van der Waals surface area (Å²) in [5.41, 5.74) is 2.36. The van der Waals surface area contributed by atoms with Gasteiger partial charge in [0.1, 0.15) is 0 Å². The van der Waals surface area contributed by atoms with E-state index in [9.17, 15) is 18.5 Å². The van der Waals surface area contributed by atoms with Gasteiger partial charge in [-0.25, -0.2) is 8.42 Å². The summed E-state index contributed by atoms with van der Waals surface area (Å²) in [4.78, 5) is 10.5. The van der Waals surface area contributed by atoms with E-state index in [1.54, 1.807) is 19.1 Å². The molecule has 0 amide bonds. The van der Waals surface area contributed by atoms with Gasteiger partial charge in [-0.3, -0.25) is 14.8 Å². The number of nitrogens with zero attached hydrogens (tertiary/aromatic N) is 1. The average Bonchev–Trinajstić information content (AvgIpc) is 2.43. The molecule has 116 valence electrons. The molecule has 0 bridgehead atoms. The molecule has 2 rings (SSSR count). The lowest BCUT2D eigenvalue weighted by Crippen LogP contribution is -2.13. The summed E-state index contributed by atoms with van der Waals surface area (Å²) in [6.45, 7) is 5.31. The first-order valence-electron chi connectivity index (χ1n) is 6.56. The number of benzene rings is 2. The Morgan fingerprint density at radius 1 is 0.955 bits per heavy atom. The van der Waals surface area contributed by atoms with Crippen molar-refractivity contribution >= 4 is 21.4 Å². The Bertz CT molecular complexity index is 845. The molecule has 0 aliphatic carbocycles. The largest absolute Gasteiger partial charge is 0.279 e. The van der Waals surface area contributed by atoms with Gasteiger partial charge in [0.25, 0.3) is 15.7 Å². The summed E-state index contributed by atoms with van der Waals surface area (Å²) >= 11 is 0. The molecule has 0 saturated heterocycles. The summed E-state index contributed by atoms with van der Waals surface area (Å²) in [5.74, 6) is 0. The number of rotatable bonds is 4. The second-order valence-electron chi connectivity index (χ2n) is 5.11. The molecule has 0 fully saturated rings. The Balaban J connectivity index is 2.38. The second-order valence-corrected chi connectivity index (χ2v) is 6.79. The summed E-state index contributed by atoms with van der Waals surface area (Å²) in [7, 11) is -3.78. The Labute approximate surface area is 129 Å². The van der Waals surface area contributed by atoms with Crippen molar-refractivity contribution in [3.8, 4) is 0 Å². The number of aryl methyl sites for hydroxylation is 3. The number of anilines is 1. The van der Waals surface area contributed by atoms with E-state index in [-0.39, 0.29) is 16.3 Å². The van der Waals surface area contributed by atoms with Gasteiger partial charge in [0.15, 0.2) is 0 Å². The monoisotopic (exact) mass is 320 g/mol. The molecular formula is C15H16N2O4S. The van der Waals surface area contributed by atoms with Crippen molar-refractivity contribution in [1.82, 2.24) is 0 Å². The van der Waals surface area contributed by atoms with Crippen LogP contribution in [0.2, 0.25) is 0 Å². The molecule has 1 N–H and O–H groups in total. The Morgan fingerprint density at radius 2 is 1.59 bits per heavy atom. The van der Waals surface area contributed by atoms with Crippen LogP contribution in [-0.2, 0) is 10.0 Å². The van der Waals surface area contributed by atoms with Gasteiger partial charge in [0.2, 0.25) is 0 Å². The maximum absolute atomic E-state index is 12.4. The third-order valence-electron chi connectivity index (χ3n) is 3.45. The summed E-state index contributed by atoms with van der Waals surface area (Å²) < 4.78 is 27.1. The van der Waals surface area contributed by atoms with Gasteiger partial charge < -0.3 is 0 Å². The first kappa shape index (κ1) is 16.0. The number of nitro benzene ring substituents is 1. The summed E-state index contributed by atoms with van der Waals surface area (Å²) in [6.07, 6.45) is 0. The molecule has 0 radical (unpaired) electrons. The van der Waals surface area contributed by atoms with Crippen LogP contribution in [0.1, 0.15) is 16.7 Å². The third kappa shape index (κ3) is 3.25. The molecule has 0 unspecified atom stereocenters. The lowest BCUT2D eigenvalue weighted by molar-refractivity contribution is -0.385. The maximum atomic E-state index is 12.4. The number of nitro groups is 1. The van der Waals surface area contributed by atoms with Crippen LogP contribution in [0, 0.1) is 30.9 Å². The normalized spacial score (nSPS) is 11.2. The van der Waals surface area contributed by atoms with Crippen molar-refractivity contribution in [2.75, 3.05) is 4.72 Å². The number of nitrogens with one attached hydrogen (secondary N) is 1. The van der Waals surface area contributed by atoms with Crippen molar-refractivity contribution in [3.63, 3.8) is 0 Å².